The maximum absolute atomic E-state index is 11.3. The van der Waals surface area contributed by atoms with Gasteiger partial charge in [0.1, 0.15) is 5.75 Å². The molecular formula is C10H13ClN2O2. The zero-order chi connectivity index (χ0) is 11.5. The Balaban J connectivity index is 2.86. The van der Waals surface area contributed by atoms with Gasteiger partial charge in [-0.25, -0.2) is 5.84 Å². The number of hydrogen-bond donors (Lipinski definition) is 2. The molecule has 1 aromatic carbocycles. The summed E-state index contributed by atoms with van der Waals surface area (Å²) in [5.74, 6) is 5.07. The lowest BCUT2D eigenvalue weighted by Gasteiger charge is -2.24. The monoisotopic (exact) mass is 228 g/mol. The van der Waals surface area contributed by atoms with E-state index in [0.29, 0.717) is 10.8 Å². The van der Waals surface area contributed by atoms with Crippen LogP contribution in [0.4, 0.5) is 0 Å². The maximum Gasteiger partial charge on any atom is 0.277 e. The molecule has 0 spiro atoms. The summed E-state index contributed by atoms with van der Waals surface area (Å²) in [5.41, 5.74) is 0.982. The highest BCUT2D eigenvalue weighted by Crippen LogP contribution is 2.27. The van der Waals surface area contributed by atoms with Crippen molar-refractivity contribution in [3.63, 3.8) is 0 Å². The van der Waals surface area contributed by atoms with E-state index in [9.17, 15) is 4.79 Å². The van der Waals surface area contributed by atoms with Gasteiger partial charge in [0.2, 0.25) is 0 Å². The molecule has 3 N–H and O–H groups in total. The van der Waals surface area contributed by atoms with Crippen molar-refractivity contribution in [1.29, 1.82) is 0 Å². The zero-order valence-electron chi connectivity index (χ0n) is 8.58. The van der Waals surface area contributed by atoms with Crippen molar-refractivity contribution in [2.24, 2.45) is 5.84 Å². The van der Waals surface area contributed by atoms with Gasteiger partial charge >= 0.3 is 0 Å². The van der Waals surface area contributed by atoms with E-state index in [-0.39, 0.29) is 0 Å². The molecule has 1 amide bonds. The number of amides is 1. The van der Waals surface area contributed by atoms with Crippen LogP contribution in [0.25, 0.3) is 0 Å². The number of benzene rings is 1. The number of ether oxygens (including phenoxy) is 1. The number of hydrogen-bond acceptors (Lipinski definition) is 3. The number of carbonyl (C=O) groups excluding carboxylic acids is 1. The predicted octanol–water partition coefficient (Wildman–Crippen LogP) is 1.49. The van der Waals surface area contributed by atoms with Gasteiger partial charge in [-0.05, 0) is 26.0 Å². The first kappa shape index (κ1) is 11.8. The van der Waals surface area contributed by atoms with Crippen LogP contribution in [0, 0.1) is 0 Å². The Kier molecular flexibility index (Phi) is 3.55. The van der Waals surface area contributed by atoms with Gasteiger partial charge in [-0.15, -0.1) is 0 Å². The average Bonchev–Trinajstić information content (AvgIpc) is 2.20. The Labute approximate surface area is 93.3 Å². The van der Waals surface area contributed by atoms with Gasteiger partial charge in [0.05, 0.1) is 5.02 Å². The molecule has 0 fully saturated rings. The minimum atomic E-state index is -1.06. The lowest BCUT2D eigenvalue weighted by Crippen LogP contribution is -2.49. The normalized spacial score (nSPS) is 10.9. The van der Waals surface area contributed by atoms with Crippen LogP contribution < -0.4 is 16.0 Å². The first-order chi connectivity index (χ1) is 6.97. The molecular weight excluding hydrogens is 216 g/mol. The molecule has 0 unspecified atom stereocenters. The van der Waals surface area contributed by atoms with Crippen LogP contribution in [0.1, 0.15) is 13.8 Å². The molecule has 1 aromatic rings. The fourth-order valence-corrected chi connectivity index (χ4v) is 1.20. The zero-order valence-corrected chi connectivity index (χ0v) is 9.34. The molecule has 4 nitrogen and oxygen atoms in total. The van der Waals surface area contributed by atoms with E-state index in [1.54, 1.807) is 38.1 Å². The number of halogens is 1. The van der Waals surface area contributed by atoms with Gasteiger partial charge in [-0.1, -0.05) is 23.7 Å². The number of hydrazine groups is 1. The molecule has 0 aliphatic carbocycles. The largest absolute Gasteiger partial charge is 0.476 e. The van der Waals surface area contributed by atoms with Crippen molar-refractivity contribution in [3.05, 3.63) is 29.3 Å². The maximum atomic E-state index is 11.3. The van der Waals surface area contributed by atoms with Gasteiger partial charge in [0.25, 0.3) is 5.91 Å². The van der Waals surface area contributed by atoms with E-state index < -0.39 is 11.5 Å². The number of para-hydroxylation sites is 1. The average molecular weight is 229 g/mol. The highest BCUT2D eigenvalue weighted by atomic mass is 35.5. The fourth-order valence-electron chi connectivity index (χ4n) is 1.02. The van der Waals surface area contributed by atoms with Crippen LogP contribution in [0.5, 0.6) is 5.75 Å². The summed E-state index contributed by atoms with van der Waals surface area (Å²) >= 11 is 5.89. The van der Waals surface area contributed by atoms with E-state index in [1.165, 1.54) is 0 Å². The third-order valence-corrected chi connectivity index (χ3v) is 2.19. The molecule has 0 heterocycles. The van der Waals surface area contributed by atoms with Crippen LogP contribution in [0.2, 0.25) is 5.02 Å². The van der Waals surface area contributed by atoms with E-state index in [0.717, 1.165) is 0 Å². The second-order valence-electron chi connectivity index (χ2n) is 3.52. The van der Waals surface area contributed by atoms with Crippen molar-refractivity contribution in [1.82, 2.24) is 5.43 Å². The summed E-state index contributed by atoms with van der Waals surface area (Å²) in [6.07, 6.45) is 0. The van der Waals surface area contributed by atoms with E-state index >= 15 is 0 Å². The Morgan fingerprint density at radius 3 is 2.60 bits per heavy atom. The summed E-state index contributed by atoms with van der Waals surface area (Å²) in [4.78, 5) is 11.3. The van der Waals surface area contributed by atoms with Crippen LogP contribution in [-0.4, -0.2) is 11.5 Å². The van der Waals surface area contributed by atoms with Gasteiger partial charge in [0, 0.05) is 0 Å². The minimum Gasteiger partial charge on any atom is -0.476 e. The summed E-state index contributed by atoms with van der Waals surface area (Å²) in [6.45, 7) is 3.22. The summed E-state index contributed by atoms with van der Waals surface area (Å²) < 4.78 is 5.46. The molecule has 1 rings (SSSR count). The van der Waals surface area contributed by atoms with Crippen molar-refractivity contribution in [3.8, 4) is 5.75 Å². The summed E-state index contributed by atoms with van der Waals surface area (Å²) in [7, 11) is 0. The highest BCUT2D eigenvalue weighted by molar-refractivity contribution is 6.32. The number of nitrogens with one attached hydrogen (secondary N) is 1. The number of nitrogens with two attached hydrogens (primary N) is 1. The van der Waals surface area contributed by atoms with E-state index in [1.807, 2.05) is 5.43 Å². The SMILES string of the molecule is CC(C)(Oc1ccccc1Cl)C(=O)NN. The molecule has 0 saturated heterocycles. The molecule has 82 valence electrons. The Morgan fingerprint density at radius 1 is 1.47 bits per heavy atom. The third-order valence-electron chi connectivity index (χ3n) is 1.88. The van der Waals surface area contributed by atoms with Crippen LogP contribution in [0.3, 0.4) is 0 Å². The predicted molar refractivity (Wildman–Crippen MR) is 58.5 cm³/mol. The summed E-state index contributed by atoms with van der Waals surface area (Å²) in [6, 6.07) is 6.93. The van der Waals surface area contributed by atoms with Crippen molar-refractivity contribution in [2.45, 2.75) is 19.4 Å². The second-order valence-corrected chi connectivity index (χ2v) is 3.92. The molecule has 0 aliphatic heterocycles. The Morgan fingerprint density at radius 2 is 2.07 bits per heavy atom. The quantitative estimate of drug-likeness (QED) is 0.468. The Bertz CT molecular complexity index is 366. The molecule has 0 aliphatic rings. The van der Waals surface area contributed by atoms with Gasteiger partial charge in [-0.3, -0.25) is 10.2 Å². The minimum absolute atomic E-state index is 0.414. The smallest absolute Gasteiger partial charge is 0.277 e. The van der Waals surface area contributed by atoms with E-state index in [2.05, 4.69) is 0 Å². The van der Waals surface area contributed by atoms with Crippen LogP contribution in [0.15, 0.2) is 24.3 Å². The van der Waals surface area contributed by atoms with Crippen LogP contribution in [-0.2, 0) is 4.79 Å². The van der Waals surface area contributed by atoms with Gasteiger partial charge < -0.3 is 4.74 Å². The van der Waals surface area contributed by atoms with E-state index in [4.69, 9.17) is 22.2 Å². The molecule has 0 bridgehead atoms. The lowest BCUT2D eigenvalue weighted by molar-refractivity contribution is -0.134. The molecule has 0 saturated carbocycles. The molecule has 0 atom stereocenters. The third kappa shape index (κ3) is 2.84. The molecule has 5 heteroatoms. The van der Waals surface area contributed by atoms with Crippen molar-refractivity contribution < 1.29 is 9.53 Å². The van der Waals surface area contributed by atoms with Gasteiger partial charge in [0.15, 0.2) is 5.60 Å². The molecule has 0 aromatic heterocycles. The standard InChI is InChI=1S/C10H13ClN2O2/c1-10(2,9(14)13-12)15-8-6-4-3-5-7(8)11/h3-6H,12H2,1-2H3,(H,13,14). The van der Waals surface area contributed by atoms with Crippen molar-refractivity contribution >= 4 is 17.5 Å². The van der Waals surface area contributed by atoms with Gasteiger partial charge in [-0.2, -0.15) is 0 Å². The molecule has 0 radical (unpaired) electrons. The van der Waals surface area contributed by atoms with Crippen LogP contribution >= 0.6 is 11.6 Å². The number of rotatable bonds is 3. The first-order valence-electron chi connectivity index (χ1n) is 4.42. The topological polar surface area (TPSA) is 64.3 Å². The fraction of sp³-hybridized carbons (Fsp3) is 0.300. The highest BCUT2D eigenvalue weighted by Gasteiger charge is 2.29. The summed E-state index contributed by atoms with van der Waals surface area (Å²) in [5, 5.41) is 0.454. The number of carbonyl (C=O) groups is 1. The van der Waals surface area contributed by atoms with Crippen molar-refractivity contribution in [2.75, 3.05) is 0 Å². The lowest BCUT2D eigenvalue weighted by atomic mass is 10.1. The second kappa shape index (κ2) is 4.51. The Hall–Kier alpha value is -1.26. The molecule has 15 heavy (non-hydrogen) atoms. The first-order valence-corrected chi connectivity index (χ1v) is 4.80.